The van der Waals surface area contributed by atoms with Crippen LogP contribution >= 0.6 is 0 Å². The molecule has 2 heterocycles. The third kappa shape index (κ3) is 5.25. The molecule has 5 nitrogen and oxygen atoms in total. The van der Waals surface area contributed by atoms with Gasteiger partial charge >= 0.3 is 51.4 Å². The Bertz CT molecular complexity index is 560. The fourth-order valence-corrected chi connectivity index (χ4v) is 1.09. The Labute approximate surface area is 151 Å². The molecule has 7 heteroatoms. The average molecular weight is 281 g/mol. The summed E-state index contributed by atoms with van der Waals surface area (Å²) in [5, 5.41) is 2.29. The molecule has 0 saturated carbocycles. The zero-order valence-electron chi connectivity index (χ0n) is 10.1. The first-order valence-corrected chi connectivity index (χ1v) is 4.95. The van der Waals surface area contributed by atoms with Crippen LogP contribution in [0.3, 0.4) is 0 Å². The summed E-state index contributed by atoms with van der Waals surface area (Å²) >= 11 is 0. The Kier molecular flexibility index (Phi) is 6.96. The van der Waals surface area contributed by atoms with E-state index in [1.54, 1.807) is 12.3 Å². The Morgan fingerprint density at radius 2 is 2.26 bits per heavy atom. The molecule has 0 saturated heterocycles. The summed E-state index contributed by atoms with van der Waals surface area (Å²) in [7, 11) is 0. The molecular weight excluding hydrogens is 274 g/mol. The summed E-state index contributed by atoms with van der Waals surface area (Å²) < 4.78 is 12.6. The summed E-state index contributed by atoms with van der Waals surface area (Å²) in [4.78, 5) is 22.7. The molecule has 19 heavy (non-hydrogen) atoms. The van der Waals surface area contributed by atoms with Gasteiger partial charge in [-0.25, -0.2) is 16.1 Å². The van der Waals surface area contributed by atoms with E-state index in [0.717, 1.165) is 12.3 Å². The Morgan fingerprint density at radius 3 is 2.89 bits per heavy atom. The molecule has 0 radical (unpaired) electrons. The van der Waals surface area contributed by atoms with Crippen molar-refractivity contribution in [1.29, 1.82) is 0 Å². The second-order valence-corrected chi connectivity index (χ2v) is 3.16. The molecule has 1 N–H and O–H groups in total. The summed E-state index contributed by atoms with van der Waals surface area (Å²) in [6.07, 6.45) is 6.30. The maximum Gasteiger partial charge on any atom is 1.00 e. The fraction of sp³-hybridized carbons (Fsp3) is 0. The number of hydrogen-bond acceptors (Lipinski definition) is 4. The van der Waals surface area contributed by atoms with Gasteiger partial charge in [-0.15, -0.1) is 0 Å². The first kappa shape index (κ1) is 16.1. The van der Waals surface area contributed by atoms with Gasteiger partial charge in [-0.1, -0.05) is 12.4 Å². The normalized spacial score (nSPS) is 9.95. The van der Waals surface area contributed by atoms with Gasteiger partial charge in [-0.2, -0.15) is 0 Å². The monoisotopic (exact) mass is 281 g/mol. The predicted molar refractivity (Wildman–Crippen MR) is 61.8 cm³/mol. The number of rotatable bonds is 3. The number of aliphatic imine (C=N–C) groups is 1. The maximum absolute atomic E-state index is 12.6. The number of pyridine rings is 2. The molecule has 90 valence electrons. The first-order chi connectivity index (χ1) is 8.75. The van der Waals surface area contributed by atoms with E-state index in [1.807, 2.05) is 0 Å². The van der Waals surface area contributed by atoms with E-state index in [1.165, 1.54) is 12.3 Å². The van der Waals surface area contributed by atoms with Crippen molar-refractivity contribution in [2.24, 2.45) is 4.99 Å². The van der Waals surface area contributed by atoms with Gasteiger partial charge < -0.3 is 20.1 Å². The molecule has 0 unspecified atom stereocenters. The second kappa shape index (κ2) is 8.23. The number of halogens is 1. The van der Waals surface area contributed by atoms with Crippen LogP contribution in [0, 0.1) is 11.9 Å². The third-order valence-corrected chi connectivity index (χ3v) is 1.91. The molecule has 2 rings (SSSR count). The molecule has 2 aromatic rings. The standard InChI is InChI=1S/C12H7FN4O.K/c13-9-1-2-11(15-7-9)12(18)17-8-16-10-3-5-14-6-4-10;/h1-3,5-7H,(H,14,16,17,18);/q-2;+1. The number of nitrogens with one attached hydrogen (secondary N) is 1. The first-order valence-electron chi connectivity index (χ1n) is 4.95. The Hall–Kier alpha value is -0.994. The van der Waals surface area contributed by atoms with Gasteiger partial charge in [0.05, 0.1) is 11.9 Å². The molecule has 0 spiro atoms. The van der Waals surface area contributed by atoms with Crippen molar-refractivity contribution in [3.05, 3.63) is 54.4 Å². The summed E-state index contributed by atoms with van der Waals surface area (Å²) in [6.45, 7) is 0. The van der Waals surface area contributed by atoms with E-state index in [-0.39, 0.29) is 57.1 Å². The average Bonchev–Trinajstić information content (AvgIpc) is 2.40. The molecule has 0 aliphatic carbocycles. The molecule has 0 aliphatic rings. The van der Waals surface area contributed by atoms with Crippen LogP contribution in [-0.4, -0.2) is 22.2 Å². The van der Waals surface area contributed by atoms with Crippen LogP contribution in [0.2, 0.25) is 0 Å². The summed E-state index contributed by atoms with van der Waals surface area (Å²) in [5.41, 5.74) is 0.565. The minimum atomic E-state index is -0.521. The Morgan fingerprint density at radius 1 is 1.42 bits per heavy atom. The van der Waals surface area contributed by atoms with Gasteiger partial charge in [0.15, 0.2) is 5.91 Å². The molecular formula is C12H7FKN4O-. The second-order valence-electron chi connectivity index (χ2n) is 3.16. The number of hydrogen-bond donors (Lipinski definition) is 1. The van der Waals surface area contributed by atoms with Crippen molar-refractivity contribution in [3.8, 4) is 0 Å². The molecule has 0 bridgehead atoms. The van der Waals surface area contributed by atoms with E-state index >= 15 is 0 Å². The predicted octanol–water partition coefficient (Wildman–Crippen LogP) is -1.61. The quantitative estimate of drug-likeness (QED) is 0.242. The van der Waals surface area contributed by atoms with Crippen molar-refractivity contribution in [1.82, 2.24) is 15.3 Å². The van der Waals surface area contributed by atoms with Crippen LogP contribution in [0.1, 0.15) is 10.5 Å². The molecule has 0 atom stereocenters. The van der Waals surface area contributed by atoms with Crippen molar-refractivity contribution in [3.63, 3.8) is 0 Å². The SMILES string of the molecule is O=C(N[C-]=Nc1[c-]cncc1)c1ccc(F)cn1.[K+]. The van der Waals surface area contributed by atoms with Crippen molar-refractivity contribution >= 4 is 17.9 Å². The van der Waals surface area contributed by atoms with Gasteiger partial charge in [-0.05, 0) is 18.5 Å². The minimum Gasteiger partial charge on any atom is -0.418 e. The third-order valence-electron chi connectivity index (χ3n) is 1.91. The van der Waals surface area contributed by atoms with Crippen LogP contribution in [0.5, 0.6) is 0 Å². The smallest absolute Gasteiger partial charge is 0.418 e. The van der Waals surface area contributed by atoms with Gasteiger partial charge in [0.2, 0.25) is 0 Å². The number of aromatic nitrogens is 2. The largest absolute Gasteiger partial charge is 1.00 e. The number of carbonyl (C=O) groups is 1. The maximum atomic E-state index is 12.6. The number of nitrogens with zero attached hydrogens (tertiary/aromatic N) is 3. The van der Waals surface area contributed by atoms with Crippen LogP contribution < -0.4 is 56.7 Å². The van der Waals surface area contributed by atoms with Crippen molar-refractivity contribution < 1.29 is 60.6 Å². The van der Waals surface area contributed by atoms with Crippen LogP contribution in [0.4, 0.5) is 10.1 Å². The summed E-state index contributed by atoms with van der Waals surface area (Å²) in [6, 6.07) is 6.76. The topological polar surface area (TPSA) is 67.2 Å². The van der Waals surface area contributed by atoms with E-state index < -0.39 is 11.7 Å². The minimum absolute atomic E-state index is 0. The van der Waals surface area contributed by atoms with Crippen LogP contribution in [-0.2, 0) is 0 Å². The molecule has 1 amide bonds. The molecule has 2 aromatic heterocycles. The Balaban J connectivity index is 0.00000180. The van der Waals surface area contributed by atoms with E-state index in [9.17, 15) is 9.18 Å². The number of carbonyl (C=O) groups excluding carboxylic acids is 1. The fourth-order valence-electron chi connectivity index (χ4n) is 1.09. The van der Waals surface area contributed by atoms with Gasteiger partial charge in [0.25, 0.3) is 0 Å². The molecule has 0 aromatic carbocycles. The van der Waals surface area contributed by atoms with Gasteiger partial charge in [-0.3, -0.25) is 11.1 Å². The summed E-state index contributed by atoms with van der Waals surface area (Å²) in [5.74, 6) is -1.02. The van der Waals surface area contributed by atoms with E-state index in [2.05, 4.69) is 32.7 Å². The molecule has 0 aliphatic heterocycles. The van der Waals surface area contributed by atoms with Gasteiger partial charge in [0, 0.05) is 0 Å². The van der Waals surface area contributed by atoms with E-state index in [0.29, 0.717) is 5.69 Å². The van der Waals surface area contributed by atoms with Crippen LogP contribution in [0.25, 0.3) is 0 Å². The van der Waals surface area contributed by atoms with Crippen LogP contribution in [0.15, 0.2) is 41.8 Å². The molecule has 0 fully saturated rings. The number of amides is 1. The van der Waals surface area contributed by atoms with Crippen molar-refractivity contribution in [2.75, 3.05) is 0 Å². The van der Waals surface area contributed by atoms with Gasteiger partial charge in [0.1, 0.15) is 5.82 Å². The zero-order chi connectivity index (χ0) is 12.8. The van der Waals surface area contributed by atoms with E-state index in [4.69, 9.17) is 0 Å². The van der Waals surface area contributed by atoms with Crippen molar-refractivity contribution in [2.45, 2.75) is 0 Å². The zero-order valence-corrected chi connectivity index (χ0v) is 13.2.